The first kappa shape index (κ1) is 21.0. The van der Waals surface area contributed by atoms with Gasteiger partial charge in [0, 0.05) is 16.3 Å². The largest absolute Gasteiger partial charge is 0.484 e. The maximum atomic E-state index is 12.2. The van der Waals surface area contributed by atoms with Crippen molar-refractivity contribution in [3.63, 3.8) is 0 Å². The lowest BCUT2D eigenvalue weighted by atomic mass is 9.87. The van der Waals surface area contributed by atoms with E-state index in [-0.39, 0.29) is 17.9 Å². The van der Waals surface area contributed by atoms with E-state index in [1.165, 1.54) is 16.0 Å². The van der Waals surface area contributed by atoms with E-state index in [4.69, 9.17) is 4.74 Å². The van der Waals surface area contributed by atoms with Gasteiger partial charge in [-0.15, -0.1) is 11.8 Å². The van der Waals surface area contributed by atoms with E-state index in [1.807, 2.05) is 66.7 Å². The number of ether oxygens (including phenoxy) is 1. The molecule has 0 unspecified atom stereocenters. The number of carbonyl (C=O) groups is 1. The number of anilines is 1. The van der Waals surface area contributed by atoms with Crippen LogP contribution in [0.1, 0.15) is 31.9 Å². The van der Waals surface area contributed by atoms with Gasteiger partial charge in [-0.25, -0.2) is 0 Å². The Bertz CT molecular complexity index is 914. The lowest BCUT2D eigenvalue weighted by molar-refractivity contribution is -0.118. The molecule has 4 heteroatoms. The highest BCUT2D eigenvalue weighted by atomic mass is 32.2. The lowest BCUT2D eigenvalue weighted by Gasteiger charge is -2.19. The zero-order valence-corrected chi connectivity index (χ0v) is 18.0. The molecule has 0 aliphatic carbocycles. The van der Waals surface area contributed by atoms with Crippen LogP contribution in [0.3, 0.4) is 0 Å². The standard InChI is InChI=1S/C25H27NO2S/c1-25(2,3)20-11-15-22(16-12-20)28-17-24(27)26-21-13-9-19(10-14-21)18-29-23-7-5-4-6-8-23/h4-16H,17-18H2,1-3H3,(H,26,27). The van der Waals surface area contributed by atoms with Crippen molar-refractivity contribution in [2.24, 2.45) is 0 Å². The summed E-state index contributed by atoms with van der Waals surface area (Å²) in [6, 6.07) is 26.2. The fourth-order valence-electron chi connectivity index (χ4n) is 2.76. The van der Waals surface area contributed by atoms with Crippen molar-refractivity contribution < 1.29 is 9.53 Å². The Balaban J connectivity index is 1.45. The van der Waals surface area contributed by atoms with Gasteiger partial charge in [-0.1, -0.05) is 63.2 Å². The predicted molar refractivity (Wildman–Crippen MR) is 122 cm³/mol. The minimum atomic E-state index is -0.170. The Labute approximate surface area is 177 Å². The first-order chi connectivity index (χ1) is 13.9. The Morgan fingerprint density at radius 2 is 1.55 bits per heavy atom. The van der Waals surface area contributed by atoms with E-state index in [0.717, 1.165) is 11.4 Å². The fraction of sp³-hybridized carbons (Fsp3) is 0.240. The third-order valence-electron chi connectivity index (χ3n) is 4.48. The molecule has 3 nitrogen and oxygen atoms in total. The Morgan fingerprint density at radius 3 is 2.17 bits per heavy atom. The smallest absolute Gasteiger partial charge is 0.262 e. The number of benzene rings is 3. The molecule has 0 aromatic heterocycles. The molecule has 29 heavy (non-hydrogen) atoms. The summed E-state index contributed by atoms with van der Waals surface area (Å²) in [5, 5.41) is 2.88. The maximum absolute atomic E-state index is 12.2. The summed E-state index contributed by atoms with van der Waals surface area (Å²) in [6.45, 7) is 6.49. The van der Waals surface area contributed by atoms with Gasteiger partial charge in [-0.05, 0) is 52.9 Å². The van der Waals surface area contributed by atoms with Gasteiger partial charge in [0.15, 0.2) is 6.61 Å². The summed E-state index contributed by atoms with van der Waals surface area (Å²) in [7, 11) is 0. The van der Waals surface area contributed by atoms with Gasteiger partial charge >= 0.3 is 0 Å². The van der Waals surface area contributed by atoms with Crippen LogP contribution in [-0.2, 0) is 16.0 Å². The molecule has 3 rings (SSSR count). The number of nitrogens with one attached hydrogen (secondary N) is 1. The molecule has 0 spiro atoms. The number of thioether (sulfide) groups is 1. The molecule has 0 saturated heterocycles. The Hall–Kier alpha value is -2.72. The van der Waals surface area contributed by atoms with Crippen molar-refractivity contribution >= 4 is 23.4 Å². The van der Waals surface area contributed by atoms with E-state index >= 15 is 0 Å². The fourth-order valence-corrected chi connectivity index (χ4v) is 3.64. The number of rotatable bonds is 7. The highest BCUT2D eigenvalue weighted by Crippen LogP contribution is 2.25. The summed E-state index contributed by atoms with van der Waals surface area (Å²) >= 11 is 1.79. The van der Waals surface area contributed by atoms with Gasteiger partial charge in [-0.3, -0.25) is 4.79 Å². The molecule has 0 aliphatic heterocycles. The summed E-state index contributed by atoms with van der Waals surface area (Å²) in [5.41, 5.74) is 3.32. The normalized spacial score (nSPS) is 11.1. The first-order valence-electron chi connectivity index (χ1n) is 9.70. The molecule has 3 aromatic carbocycles. The number of amides is 1. The molecule has 1 N–H and O–H groups in total. The summed E-state index contributed by atoms with van der Waals surface area (Å²) in [4.78, 5) is 13.4. The molecule has 0 bridgehead atoms. The molecule has 3 aromatic rings. The van der Waals surface area contributed by atoms with Crippen LogP contribution in [-0.4, -0.2) is 12.5 Å². The van der Waals surface area contributed by atoms with Crippen molar-refractivity contribution in [3.05, 3.63) is 90.0 Å². The second kappa shape index (κ2) is 9.66. The number of carbonyl (C=O) groups excluding carboxylic acids is 1. The molecule has 150 valence electrons. The van der Waals surface area contributed by atoms with Gasteiger partial charge in [-0.2, -0.15) is 0 Å². The molecule has 1 amide bonds. The molecule has 0 fully saturated rings. The third-order valence-corrected chi connectivity index (χ3v) is 5.56. The second-order valence-electron chi connectivity index (χ2n) is 7.91. The molecule has 0 radical (unpaired) electrons. The highest BCUT2D eigenvalue weighted by Gasteiger charge is 2.13. The van der Waals surface area contributed by atoms with Crippen LogP contribution in [0.5, 0.6) is 5.75 Å². The van der Waals surface area contributed by atoms with E-state index in [0.29, 0.717) is 5.75 Å². The van der Waals surface area contributed by atoms with Crippen LogP contribution in [0.2, 0.25) is 0 Å². The van der Waals surface area contributed by atoms with Gasteiger partial charge < -0.3 is 10.1 Å². The molecule has 0 saturated carbocycles. The minimum Gasteiger partial charge on any atom is -0.484 e. The van der Waals surface area contributed by atoms with E-state index in [1.54, 1.807) is 11.8 Å². The van der Waals surface area contributed by atoms with Gasteiger partial charge in [0.05, 0.1) is 0 Å². The van der Waals surface area contributed by atoms with Crippen molar-refractivity contribution in [2.75, 3.05) is 11.9 Å². The average Bonchev–Trinajstić information content (AvgIpc) is 2.72. The van der Waals surface area contributed by atoms with E-state index in [2.05, 4.69) is 38.2 Å². The number of hydrogen-bond donors (Lipinski definition) is 1. The summed E-state index contributed by atoms with van der Waals surface area (Å²) in [6.07, 6.45) is 0. The average molecular weight is 406 g/mol. The predicted octanol–water partition coefficient (Wildman–Crippen LogP) is 6.29. The number of hydrogen-bond acceptors (Lipinski definition) is 3. The first-order valence-corrected chi connectivity index (χ1v) is 10.7. The zero-order chi connectivity index (χ0) is 20.7. The molecular formula is C25H27NO2S. The monoisotopic (exact) mass is 405 g/mol. The maximum Gasteiger partial charge on any atom is 0.262 e. The Kier molecular flexibility index (Phi) is 6.99. The zero-order valence-electron chi connectivity index (χ0n) is 17.1. The Morgan fingerprint density at radius 1 is 0.897 bits per heavy atom. The van der Waals surface area contributed by atoms with E-state index < -0.39 is 0 Å². The van der Waals surface area contributed by atoms with Crippen molar-refractivity contribution in [1.29, 1.82) is 0 Å². The van der Waals surface area contributed by atoms with Crippen molar-refractivity contribution in [1.82, 2.24) is 0 Å². The van der Waals surface area contributed by atoms with Crippen molar-refractivity contribution in [2.45, 2.75) is 36.8 Å². The van der Waals surface area contributed by atoms with Crippen molar-refractivity contribution in [3.8, 4) is 5.75 Å². The van der Waals surface area contributed by atoms with Crippen LogP contribution in [0.15, 0.2) is 83.8 Å². The molecule has 0 aliphatic rings. The quantitative estimate of drug-likeness (QED) is 0.469. The van der Waals surface area contributed by atoms with Gasteiger partial charge in [0.2, 0.25) is 0 Å². The highest BCUT2D eigenvalue weighted by molar-refractivity contribution is 7.98. The van der Waals surface area contributed by atoms with Crippen LogP contribution < -0.4 is 10.1 Å². The van der Waals surface area contributed by atoms with Gasteiger partial charge in [0.25, 0.3) is 5.91 Å². The topological polar surface area (TPSA) is 38.3 Å². The summed E-state index contributed by atoms with van der Waals surface area (Å²) in [5.74, 6) is 1.42. The molecule has 0 atom stereocenters. The molecule has 0 heterocycles. The summed E-state index contributed by atoms with van der Waals surface area (Å²) < 4.78 is 5.60. The van der Waals surface area contributed by atoms with E-state index in [9.17, 15) is 4.79 Å². The minimum absolute atomic E-state index is 0.0134. The molecular weight excluding hydrogens is 378 g/mol. The SMILES string of the molecule is CC(C)(C)c1ccc(OCC(=O)Nc2ccc(CSc3ccccc3)cc2)cc1. The van der Waals surface area contributed by atoms with Crippen LogP contribution in [0, 0.1) is 0 Å². The van der Waals surface area contributed by atoms with Crippen LogP contribution in [0.4, 0.5) is 5.69 Å². The third kappa shape index (κ3) is 6.68. The second-order valence-corrected chi connectivity index (χ2v) is 8.96. The lowest BCUT2D eigenvalue weighted by Crippen LogP contribution is -2.20. The van der Waals surface area contributed by atoms with Crippen LogP contribution >= 0.6 is 11.8 Å². The van der Waals surface area contributed by atoms with Crippen LogP contribution in [0.25, 0.3) is 0 Å². The van der Waals surface area contributed by atoms with Gasteiger partial charge in [0.1, 0.15) is 5.75 Å².